The summed E-state index contributed by atoms with van der Waals surface area (Å²) in [5.74, 6) is 2.24. The SMILES string of the molecule is CCCOc1ccc(C=CC(=O)c2ccc(C)o2)cc1OC. The third-order valence-electron chi connectivity index (χ3n) is 3.06. The van der Waals surface area contributed by atoms with Crippen LogP contribution in [0.15, 0.2) is 40.8 Å². The van der Waals surface area contributed by atoms with E-state index in [-0.39, 0.29) is 5.78 Å². The molecule has 1 aromatic heterocycles. The minimum Gasteiger partial charge on any atom is -0.493 e. The van der Waals surface area contributed by atoms with Crippen molar-refractivity contribution in [3.63, 3.8) is 0 Å². The van der Waals surface area contributed by atoms with Gasteiger partial charge < -0.3 is 13.9 Å². The molecule has 0 aliphatic rings. The summed E-state index contributed by atoms with van der Waals surface area (Å²) < 4.78 is 16.2. The van der Waals surface area contributed by atoms with Crippen LogP contribution in [0.25, 0.3) is 6.08 Å². The highest BCUT2D eigenvalue weighted by Crippen LogP contribution is 2.28. The first-order valence-electron chi connectivity index (χ1n) is 7.23. The number of methoxy groups -OCH3 is 1. The predicted octanol–water partition coefficient (Wildman–Crippen LogP) is 4.28. The van der Waals surface area contributed by atoms with Crippen molar-refractivity contribution >= 4 is 11.9 Å². The number of hydrogen-bond acceptors (Lipinski definition) is 4. The highest BCUT2D eigenvalue weighted by atomic mass is 16.5. The molecule has 22 heavy (non-hydrogen) atoms. The van der Waals surface area contributed by atoms with Gasteiger partial charge in [0.25, 0.3) is 0 Å². The molecule has 0 N–H and O–H groups in total. The van der Waals surface area contributed by atoms with Crippen LogP contribution >= 0.6 is 0 Å². The van der Waals surface area contributed by atoms with E-state index in [1.165, 1.54) is 6.08 Å². The number of aryl methyl sites for hydroxylation is 1. The predicted molar refractivity (Wildman–Crippen MR) is 85.6 cm³/mol. The lowest BCUT2D eigenvalue weighted by atomic mass is 10.1. The Kier molecular flexibility index (Phi) is 5.42. The lowest BCUT2D eigenvalue weighted by Crippen LogP contribution is -1.98. The smallest absolute Gasteiger partial charge is 0.221 e. The average Bonchev–Trinajstić information content (AvgIpc) is 2.97. The van der Waals surface area contributed by atoms with Gasteiger partial charge in [-0.2, -0.15) is 0 Å². The van der Waals surface area contributed by atoms with Crippen LogP contribution in [0.3, 0.4) is 0 Å². The molecule has 0 saturated heterocycles. The molecule has 0 saturated carbocycles. The summed E-state index contributed by atoms with van der Waals surface area (Å²) in [5, 5.41) is 0. The topological polar surface area (TPSA) is 48.7 Å². The molecule has 0 amide bonds. The molecular weight excluding hydrogens is 280 g/mol. The minimum atomic E-state index is -0.168. The molecule has 0 atom stereocenters. The van der Waals surface area contributed by atoms with Crippen molar-refractivity contribution in [3.8, 4) is 11.5 Å². The third-order valence-corrected chi connectivity index (χ3v) is 3.06. The van der Waals surface area contributed by atoms with Crippen molar-refractivity contribution in [2.45, 2.75) is 20.3 Å². The van der Waals surface area contributed by atoms with Gasteiger partial charge in [0, 0.05) is 0 Å². The maximum atomic E-state index is 12.0. The molecule has 1 heterocycles. The van der Waals surface area contributed by atoms with Crippen molar-refractivity contribution < 1.29 is 18.7 Å². The maximum absolute atomic E-state index is 12.0. The molecule has 0 aliphatic carbocycles. The highest BCUT2D eigenvalue weighted by Gasteiger charge is 2.07. The fourth-order valence-electron chi connectivity index (χ4n) is 1.94. The normalized spacial score (nSPS) is 10.9. The standard InChI is InChI=1S/C18H20O4/c1-4-11-21-17-10-7-14(12-18(17)20-3)6-8-15(19)16-9-5-13(2)22-16/h5-10,12H,4,11H2,1-3H3. The number of ketones is 1. The van der Waals surface area contributed by atoms with Crippen molar-refractivity contribution in [3.05, 3.63) is 53.5 Å². The van der Waals surface area contributed by atoms with Crippen LogP contribution in [0.4, 0.5) is 0 Å². The summed E-state index contributed by atoms with van der Waals surface area (Å²) in [6, 6.07) is 9.00. The molecule has 4 heteroatoms. The molecule has 2 aromatic rings. The second kappa shape index (κ2) is 7.50. The van der Waals surface area contributed by atoms with Gasteiger partial charge in [-0.05, 0) is 49.2 Å². The lowest BCUT2D eigenvalue weighted by Gasteiger charge is -2.10. The summed E-state index contributed by atoms with van der Waals surface area (Å²) >= 11 is 0. The molecule has 0 radical (unpaired) electrons. The van der Waals surface area contributed by atoms with E-state index < -0.39 is 0 Å². The van der Waals surface area contributed by atoms with Crippen LogP contribution in [-0.2, 0) is 0 Å². The second-order valence-corrected chi connectivity index (χ2v) is 4.87. The fraction of sp³-hybridized carbons (Fsp3) is 0.278. The Bertz CT molecular complexity index is 667. The lowest BCUT2D eigenvalue weighted by molar-refractivity contribution is 0.102. The van der Waals surface area contributed by atoms with Gasteiger partial charge in [-0.15, -0.1) is 0 Å². The molecule has 0 bridgehead atoms. The van der Waals surface area contributed by atoms with Crippen molar-refractivity contribution in [2.24, 2.45) is 0 Å². The third kappa shape index (κ3) is 4.01. The van der Waals surface area contributed by atoms with Crippen molar-refractivity contribution in [2.75, 3.05) is 13.7 Å². The largest absolute Gasteiger partial charge is 0.493 e. The maximum Gasteiger partial charge on any atom is 0.221 e. The van der Waals surface area contributed by atoms with E-state index in [1.807, 2.05) is 25.1 Å². The Morgan fingerprint density at radius 2 is 2.05 bits per heavy atom. The first kappa shape index (κ1) is 15.9. The second-order valence-electron chi connectivity index (χ2n) is 4.87. The number of allylic oxidation sites excluding steroid dienone is 1. The Hall–Kier alpha value is -2.49. The number of benzene rings is 1. The molecule has 0 spiro atoms. The summed E-state index contributed by atoms with van der Waals surface area (Å²) in [6.07, 6.45) is 4.15. The van der Waals surface area contributed by atoms with Crippen LogP contribution in [0.1, 0.15) is 35.2 Å². The summed E-state index contributed by atoms with van der Waals surface area (Å²) in [6.45, 7) is 4.49. The van der Waals surface area contributed by atoms with E-state index >= 15 is 0 Å². The van der Waals surface area contributed by atoms with Gasteiger partial charge in [-0.25, -0.2) is 0 Å². The monoisotopic (exact) mass is 300 g/mol. The van der Waals surface area contributed by atoms with Crippen LogP contribution in [0.5, 0.6) is 11.5 Å². The van der Waals surface area contributed by atoms with E-state index in [0.717, 1.165) is 17.7 Å². The Balaban J connectivity index is 2.12. The van der Waals surface area contributed by atoms with Gasteiger partial charge in [0.15, 0.2) is 17.3 Å². The summed E-state index contributed by atoms with van der Waals surface area (Å²) in [4.78, 5) is 12.0. The van der Waals surface area contributed by atoms with E-state index in [2.05, 4.69) is 0 Å². The van der Waals surface area contributed by atoms with Crippen LogP contribution < -0.4 is 9.47 Å². The van der Waals surface area contributed by atoms with E-state index in [4.69, 9.17) is 13.9 Å². The molecule has 1 aromatic carbocycles. The van der Waals surface area contributed by atoms with Crippen LogP contribution in [-0.4, -0.2) is 19.5 Å². The number of rotatable bonds is 7. The Labute approximate surface area is 130 Å². The molecule has 116 valence electrons. The summed E-state index contributed by atoms with van der Waals surface area (Å²) in [5.41, 5.74) is 0.859. The number of ether oxygens (including phenoxy) is 2. The van der Waals surface area contributed by atoms with Crippen LogP contribution in [0, 0.1) is 6.92 Å². The molecule has 0 fully saturated rings. The van der Waals surface area contributed by atoms with Gasteiger partial charge in [0.2, 0.25) is 5.78 Å². The molecule has 4 nitrogen and oxygen atoms in total. The van der Waals surface area contributed by atoms with Crippen molar-refractivity contribution in [1.29, 1.82) is 0 Å². The highest BCUT2D eigenvalue weighted by molar-refractivity contribution is 6.04. The van der Waals surface area contributed by atoms with Gasteiger partial charge in [0.1, 0.15) is 5.76 Å². The minimum absolute atomic E-state index is 0.168. The summed E-state index contributed by atoms with van der Waals surface area (Å²) in [7, 11) is 1.60. The number of carbonyl (C=O) groups excluding carboxylic acids is 1. The van der Waals surface area contributed by atoms with E-state index in [9.17, 15) is 4.79 Å². The molecule has 0 unspecified atom stereocenters. The Morgan fingerprint density at radius 3 is 2.68 bits per heavy atom. The molecule has 2 rings (SSSR count). The Morgan fingerprint density at radius 1 is 1.23 bits per heavy atom. The zero-order valence-corrected chi connectivity index (χ0v) is 13.1. The zero-order chi connectivity index (χ0) is 15.9. The van der Waals surface area contributed by atoms with Crippen molar-refractivity contribution in [1.82, 2.24) is 0 Å². The zero-order valence-electron chi connectivity index (χ0n) is 13.1. The van der Waals surface area contributed by atoms with Gasteiger partial charge in [0.05, 0.1) is 13.7 Å². The van der Waals surface area contributed by atoms with Gasteiger partial charge >= 0.3 is 0 Å². The quantitative estimate of drug-likeness (QED) is 0.565. The number of hydrogen-bond donors (Lipinski definition) is 0. The van der Waals surface area contributed by atoms with E-state index in [1.54, 1.807) is 32.2 Å². The van der Waals surface area contributed by atoms with Gasteiger partial charge in [-0.3, -0.25) is 4.79 Å². The fourth-order valence-corrected chi connectivity index (χ4v) is 1.94. The first-order chi connectivity index (χ1) is 10.6. The molecular formula is C18H20O4. The van der Waals surface area contributed by atoms with Crippen LogP contribution in [0.2, 0.25) is 0 Å². The first-order valence-corrected chi connectivity index (χ1v) is 7.23. The molecule has 0 aliphatic heterocycles. The average molecular weight is 300 g/mol. The number of carbonyl (C=O) groups is 1. The number of furan rings is 1. The van der Waals surface area contributed by atoms with Gasteiger partial charge in [-0.1, -0.05) is 19.1 Å². The van der Waals surface area contributed by atoms with E-state index in [0.29, 0.717) is 23.9 Å².